The van der Waals surface area contributed by atoms with Gasteiger partial charge in [-0.25, -0.2) is 0 Å². The molecule has 3 rings (SSSR count). The molecule has 2 aromatic carbocycles. The smallest absolute Gasteiger partial charge is 0.226 e. The highest BCUT2D eigenvalue weighted by Crippen LogP contribution is 2.24. The number of amides is 1. The van der Waals surface area contributed by atoms with Gasteiger partial charge < -0.3 is 5.32 Å². The third kappa shape index (κ3) is 4.63. The quantitative estimate of drug-likeness (QED) is 0.643. The number of benzene rings is 2. The van der Waals surface area contributed by atoms with Crippen molar-refractivity contribution in [2.75, 3.05) is 5.32 Å². The van der Waals surface area contributed by atoms with Crippen LogP contribution in [-0.4, -0.2) is 21.5 Å². The number of aryl methyl sites for hydroxylation is 3. The standard InChI is InChI=1S/C21H20ClN3O2/c1-14-12-15(2)25(24-14)11-10-20(26)23-19-9-8-17(22)13-18(19)21(27)16-6-4-3-5-7-16/h3-9,12-13H,10-11H2,1-2H3,(H,23,26). The molecule has 0 saturated heterocycles. The number of halogens is 1. The van der Waals surface area contributed by atoms with Gasteiger partial charge in [0.05, 0.1) is 11.4 Å². The lowest BCUT2D eigenvalue weighted by molar-refractivity contribution is -0.116. The van der Waals surface area contributed by atoms with Crippen molar-refractivity contribution in [2.45, 2.75) is 26.8 Å². The number of anilines is 1. The number of hydrogen-bond donors (Lipinski definition) is 1. The highest BCUT2D eigenvalue weighted by Gasteiger charge is 2.16. The van der Waals surface area contributed by atoms with Gasteiger partial charge in [0, 0.05) is 34.8 Å². The third-order valence-electron chi connectivity index (χ3n) is 4.19. The van der Waals surface area contributed by atoms with E-state index < -0.39 is 0 Å². The van der Waals surface area contributed by atoms with Gasteiger partial charge in [-0.05, 0) is 38.1 Å². The zero-order chi connectivity index (χ0) is 19.4. The first-order valence-electron chi connectivity index (χ1n) is 8.64. The summed E-state index contributed by atoms with van der Waals surface area (Å²) in [6.07, 6.45) is 0.254. The topological polar surface area (TPSA) is 64.0 Å². The number of rotatable bonds is 6. The lowest BCUT2D eigenvalue weighted by Crippen LogP contribution is -2.17. The minimum Gasteiger partial charge on any atom is -0.325 e. The van der Waals surface area contributed by atoms with E-state index in [0.29, 0.717) is 28.4 Å². The molecule has 1 heterocycles. The van der Waals surface area contributed by atoms with Gasteiger partial charge in [-0.2, -0.15) is 5.10 Å². The van der Waals surface area contributed by atoms with Gasteiger partial charge in [0.25, 0.3) is 0 Å². The lowest BCUT2D eigenvalue weighted by atomic mass is 10.0. The van der Waals surface area contributed by atoms with E-state index in [-0.39, 0.29) is 18.1 Å². The molecule has 138 valence electrons. The second kappa shape index (κ2) is 8.18. The highest BCUT2D eigenvalue weighted by molar-refractivity contribution is 6.31. The summed E-state index contributed by atoms with van der Waals surface area (Å²) in [4.78, 5) is 25.2. The van der Waals surface area contributed by atoms with E-state index >= 15 is 0 Å². The first kappa shape index (κ1) is 18.9. The summed E-state index contributed by atoms with van der Waals surface area (Å²) in [5, 5.41) is 7.62. The monoisotopic (exact) mass is 381 g/mol. The molecule has 0 bridgehead atoms. The summed E-state index contributed by atoms with van der Waals surface area (Å²) in [6.45, 7) is 4.34. The summed E-state index contributed by atoms with van der Waals surface area (Å²) in [7, 11) is 0. The first-order valence-corrected chi connectivity index (χ1v) is 9.02. The molecule has 0 saturated carbocycles. The van der Waals surface area contributed by atoms with E-state index in [1.807, 2.05) is 26.0 Å². The van der Waals surface area contributed by atoms with Gasteiger partial charge in [-0.3, -0.25) is 14.3 Å². The van der Waals surface area contributed by atoms with Crippen molar-refractivity contribution in [3.05, 3.63) is 82.1 Å². The molecule has 6 heteroatoms. The van der Waals surface area contributed by atoms with Crippen LogP contribution in [0.1, 0.15) is 33.7 Å². The molecule has 1 aromatic heterocycles. The van der Waals surface area contributed by atoms with Crippen LogP contribution in [-0.2, 0) is 11.3 Å². The van der Waals surface area contributed by atoms with E-state index in [2.05, 4.69) is 10.4 Å². The Hall–Kier alpha value is -2.92. The molecule has 0 spiro atoms. The SMILES string of the molecule is Cc1cc(C)n(CCC(=O)Nc2ccc(Cl)cc2C(=O)c2ccccc2)n1. The summed E-state index contributed by atoms with van der Waals surface area (Å²) in [5.74, 6) is -0.376. The van der Waals surface area contributed by atoms with Crippen molar-refractivity contribution in [3.63, 3.8) is 0 Å². The average molecular weight is 382 g/mol. The molecule has 0 atom stereocenters. The van der Waals surface area contributed by atoms with Crippen LogP contribution in [0.4, 0.5) is 5.69 Å². The first-order chi connectivity index (χ1) is 12.9. The molecule has 1 amide bonds. The molecule has 27 heavy (non-hydrogen) atoms. The highest BCUT2D eigenvalue weighted by atomic mass is 35.5. The van der Waals surface area contributed by atoms with Gasteiger partial charge in [-0.1, -0.05) is 41.9 Å². The maximum atomic E-state index is 12.8. The Morgan fingerprint density at radius 2 is 1.81 bits per heavy atom. The van der Waals surface area contributed by atoms with Crippen molar-refractivity contribution >= 4 is 29.0 Å². The number of aromatic nitrogens is 2. The zero-order valence-electron chi connectivity index (χ0n) is 15.2. The van der Waals surface area contributed by atoms with Gasteiger partial charge >= 0.3 is 0 Å². The van der Waals surface area contributed by atoms with Gasteiger partial charge in [0.1, 0.15) is 0 Å². The van der Waals surface area contributed by atoms with Crippen LogP contribution in [0, 0.1) is 13.8 Å². The minimum atomic E-state index is -0.188. The van der Waals surface area contributed by atoms with Gasteiger partial charge in [0.2, 0.25) is 5.91 Å². The van der Waals surface area contributed by atoms with Crippen LogP contribution in [0.2, 0.25) is 5.02 Å². The van der Waals surface area contributed by atoms with E-state index in [1.54, 1.807) is 47.1 Å². The predicted octanol–water partition coefficient (Wildman–Crippen LogP) is 4.41. The van der Waals surface area contributed by atoms with Crippen molar-refractivity contribution in [3.8, 4) is 0 Å². The van der Waals surface area contributed by atoms with E-state index in [4.69, 9.17) is 11.6 Å². The van der Waals surface area contributed by atoms with Crippen molar-refractivity contribution in [1.29, 1.82) is 0 Å². The molecule has 0 fully saturated rings. The van der Waals surface area contributed by atoms with Crippen LogP contribution >= 0.6 is 11.6 Å². The maximum Gasteiger partial charge on any atom is 0.226 e. The van der Waals surface area contributed by atoms with Crippen LogP contribution < -0.4 is 5.32 Å². The Kier molecular flexibility index (Phi) is 5.72. The average Bonchev–Trinajstić information content (AvgIpc) is 2.99. The Labute approximate surface area is 163 Å². The fraction of sp³-hybridized carbons (Fsp3) is 0.190. The second-order valence-electron chi connectivity index (χ2n) is 6.33. The molecule has 0 unspecified atom stereocenters. The summed E-state index contributed by atoms with van der Waals surface area (Å²) >= 11 is 6.07. The van der Waals surface area contributed by atoms with E-state index in [0.717, 1.165) is 11.4 Å². The van der Waals surface area contributed by atoms with Crippen molar-refractivity contribution in [2.24, 2.45) is 0 Å². The third-order valence-corrected chi connectivity index (χ3v) is 4.43. The van der Waals surface area contributed by atoms with E-state index in [9.17, 15) is 9.59 Å². The molecule has 0 radical (unpaired) electrons. The summed E-state index contributed by atoms with van der Waals surface area (Å²) < 4.78 is 1.80. The second-order valence-corrected chi connectivity index (χ2v) is 6.77. The lowest BCUT2D eigenvalue weighted by Gasteiger charge is -2.12. The Morgan fingerprint density at radius 1 is 1.07 bits per heavy atom. The van der Waals surface area contributed by atoms with Crippen LogP contribution in [0.5, 0.6) is 0 Å². The van der Waals surface area contributed by atoms with Crippen molar-refractivity contribution < 1.29 is 9.59 Å². The number of nitrogens with zero attached hydrogens (tertiary/aromatic N) is 2. The zero-order valence-corrected chi connectivity index (χ0v) is 16.0. The minimum absolute atomic E-state index is 0.188. The normalized spacial score (nSPS) is 10.6. The number of carbonyl (C=O) groups excluding carboxylic acids is 2. The Balaban J connectivity index is 1.75. The van der Waals surface area contributed by atoms with Gasteiger partial charge in [0.15, 0.2) is 5.78 Å². The van der Waals surface area contributed by atoms with Crippen molar-refractivity contribution in [1.82, 2.24) is 9.78 Å². The van der Waals surface area contributed by atoms with Crippen LogP contribution in [0.15, 0.2) is 54.6 Å². The Bertz CT molecular complexity index is 980. The fourth-order valence-electron chi connectivity index (χ4n) is 2.88. The molecule has 5 nitrogen and oxygen atoms in total. The number of nitrogens with one attached hydrogen (secondary N) is 1. The van der Waals surface area contributed by atoms with Crippen LogP contribution in [0.25, 0.3) is 0 Å². The summed E-state index contributed by atoms with van der Waals surface area (Å²) in [5.41, 5.74) is 3.28. The van der Waals surface area contributed by atoms with E-state index in [1.165, 1.54) is 0 Å². The molecule has 0 aliphatic rings. The number of carbonyl (C=O) groups is 2. The molecular formula is C21H20ClN3O2. The van der Waals surface area contributed by atoms with Gasteiger partial charge in [-0.15, -0.1) is 0 Å². The molecule has 0 aliphatic carbocycles. The Morgan fingerprint density at radius 3 is 2.48 bits per heavy atom. The molecule has 0 aliphatic heterocycles. The fourth-order valence-corrected chi connectivity index (χ4v) is 3.05. The number of ketones is 1. The predicted molar refractivity (Wildman–Crippen MR) is 106 cm³/mol. The molecule has 3 aromatic rings. The molecular weight excluding hydrogens is 362 g/mol. The molecule has 1 N–H and O–H groups in total. The van der Waals surface area contributed by atoms with Crippen LogP contribution in [0.3, 0.4) is 0 Å². The maximum absolute atomic E-state index is 12.8. The number of hydrogen-bond acceptors (Lipinski definition) is 3. The summed E-state index contributed by atoms with van der Waals surface area (Å²) in [6, 6.07) is 15.8. The largest absolute Gasteiger partial charge is 0.325 e.